The van der Waals surface area contributed by atoms with E-state index in [0.717, 1.165) is 31.4 Å². The van der Waals surface area contributed by atoms with Crippen LogP contribution < -0.4 is 10.9 Å². The van der Waals surface area contributed by atoms with Gasteiger partial charge in [-0.3, -0.25) is 20.4 Å². The van der Waals surface area contributed by atoms with Crippen molar-refractivity contribution in [3.8, 4) is 5.69 Å². The van der Waals surface area contributed by atoms with Gasteiger partial charge in [0, 0.05) is 11.5 Å². The molecule has 8 nitrogen and oxygen atoms in total. The molecule has 2 aromatic rings. The lowest BCUT2D eigenvalue weighted by molar-refractivity contribution is -0.126. The molecule has 8 heteroatoms. The van der Waals surface area contributed by atoms with Crippen molar-refractivity contribution in [3.05, 3.63) is 36.2 Å². The van der Waals surface area contributed by atoms with Gasteiger partial charge in [-0.05, 0) is 47.5 Å². The number of hydrogen-bond donors (Lipinski definition) is 2. The van der Waals surface area contributed by atoms with E-state index in [1.807, 2.05) is 0 Å². The molecule has 0 radical (unpaired) electrons. The second-order valence-corrected chi connectivity index (χ2v) is 5.58. The van der Waals surface area contributed by atoms with E-state index < -0.39 is 0 Å². The van der Waals surface area contributed by atoms with Crippen molar-refractivity contribution in [3.63, 3.8) is 0 Å². The van der Waals surface area contributed by atoms with Crippen LogP contribution in [0.4, 0.5) is 0 Å². The molecule has 1 saturated carbocycles. The molecule has 0 atom stereocenters. The quantitative estimate of drug-likeness (QED) is 0.823. The highest BCUT2D eigenvalue weighted by molar-refractivity contribution is 5.95. The fraction of sp³-hybridized carbons (Fsp3) is 0.400. The first-order chi connectivity index (χ1) is 11.2. The van der Waals surface area contributed by atoms with Crippen molar-refractivity contribution >= 4 is 11.8 Å². The van der Waals surface area contributed by atoms with Gasteiger partial charge in [0.15, 0.2) is 0 Å². The normalized spacial score (nSPS) is 15.1. The lowest BCUT2D eigenvalue weighted by atomic mass is 9.89. The Hall–Kier alpha value is -2.77. The summed E-state index contributed by atoms with van der Waals surface area (Å²) >= 11 is 0. The van der Waals surface area contributed by atoms with Crippen LogP contribution in [-0.2, 0) is 4.79 Å². The van der Waals surface area contributed by atoms with E-state index >= 15 is 0 Å². The average Bonchev–Trinajstić information content (AvgIpc) is 3.15. The van der Waals surface area contributed by atoms with E-state index in [2.05, 4.69) is 26.4 Å². The van der Waals surface area contributed by atoms with E-state index in [0.29, 0.717) is 5.56 Å². The molecule has 2 amide bonds. The molecule has 0 unspecified atom stereocenters. The lowest BCUT2D eigenvalue weighted by Gasteiger charge is -2.20. The number of hydrazine groups is 1. The Balaban J connectivity index is 1.54. The van der Waals surface area contributed by atoms with Crippen LogP contribution in [0, 0.1) is 5.92 Å². The van der Waals surface area contributed by atoms with E-state index in [1.54, 1.807) is 24.3 Å². The minimum atomic E-state index is -0.350. The third kappa shape index (κ3) is 3.71. The molecule has 1 aliphatic carbocycles. The first kappa shape index (κ1) is 15.1. The summed E-state index contributed by atoms with van der Waals surface area (Å²) in [6, 6.07) is 6.76. The second kappa shape index (κ2) is 6.99. The van der Waals surface area contributed by atoms with E-state index in [1.165, 1.54) is 17.4 Å². The molecule has 120 valence electrons. The fourth-order valence-electron chi connectivity index (χ4n) is 2.70. The third-order valence-electron chi connectivity index (χ3n) is 4.02. The number of benzene rings is 1. The highest BCUT2D eigenvalue weighted by Crippen LogP contribution is 2.23. The zero-order chi connectivity index (χ0) is 16.1. The summed E-state index contributed by atoms with van der Waals surface area (Å²) in [5.74, 6) is -0.452. The van der Waals surface area contributed by atoms with Gasteiger partial charge in [0.1, 0.15) is 6.33 Å². The molecule has 1 aromatic heterocycles. The van der Waals surface area contributed by atoms with Gasteiger partial charge >= 0.3 is 0 Å². The standard InChI is InChI=1S/C15H18N6O2/c22-14(11-4-2-1-3-5-11)17-18-15(23)12-6-8-13(9-7-12)21-10-16-19-20-21/h6-11H,1-5H2,(H,17,22)(H,18,23). The molecule has 1 aromatic carbocycles. The second-order valence-electron chi connectivity index (χ2n) is 5.58. The number of tetrazole rings is 1. The number of hydrogen-bond acceptors (Lipinski definition) is 5. The summed E-state index contributed by atoms with van der Waals surface area (Å²) in [6.07, 6.45) is 6.59. The largest absolute Gasteiger partial charge is 0.273 e. The molecule has 0 bridgehead atoms. The molecule has 2 N–H and O–H groups in total. The Labute approximate surface area is 133 Å². The van der Waals surface area contributed by atoms with Crippen molar-refractivity contribution in [1.82, 2.24) is 31.1 Å². The maximum absolute atomic E-state index is 12.1. The Morgan fingerprint density at radius 3 is 2.43 bits per heavy atom. The Bertz CT molecular complexity index is 662. The van der Waals surface area contributed by atoms with Crippen LogP contribution in [0.2, 0.25) is 0 Å². The van der Waals surface area contributed by atoms with Gasteiger partial charge in [0.2, 0.25) is 5.91 Å². The minimum absolute atomic E-state index is 0.00578. The van der Waals surface area contributed by atoms with Crippen molar-refractivity contribution in [2.24, 2.45) is 5.92 Å². The number of rotatable bonds is 3. The number of carbonyl (C=O) groups is 2. The SMILES string of the molecule is O=C(NNC(=O)C1CCCCC1)c1ccc(-n2cnnn2)cc1. The predicted octanol–water partition coefficient (Wildman–Crippen LogP) is 1.00. The Morgan fingerprint density at radius 1 is 1.04 bits per heavy atom. The van der Waals surface area contributed by atoms with Gasteiger partial charge < -0.3 is 0 Å². The van der Waals surface area contributed by atoms with Crippen LogP contribution >= 0.6 is 0 Å². The number of nitrogens with one attached hydrogen (secondary N) is 2. The number of carbonyl (C=O) groups excluding carboxylic acids is 2. The summed E-state index contributed by atoms with van der Waals surface area (Å²) in [4.78, 5) is 24.0. The zero-order valence-electron chi connectivity index (χ0n) is 12.6. The molecular weight excluding hydrogens is 296 g/mol. The smallest absolute Gasteiger partial charge is 0.269 e. The summed E-state index contributed by atoms with van der Waals surface area (Å²) in [5, 5.41) is 10.9. The highest BCUT2D eigenvalue weighted by Gasteiger charge is 2.21. The molecule has 23 heavy (non-hydrogen) atoms. The fourth-order valence-corrected chi connectivity index (χ4v) is 2.70. The van der Waals surface area contributed by atoms with Crippen LogP contribution in [0.5, 0.6) is 0 Å². The maximum atomic E-state index is 12.1. The number of amides is 2. The minimum Gasteiger partial charge on any atom is -0.273 e. The number of aromatic nitrogens is 4. The molecule has 0 aliphatic heterocycles. The van der Waals surface area contributed by atoms with Gasteiger partial charge in [-0.2, -0.15) is 0 Å². The predicted molar refractivity (Wildman–Crippen MR) is 81.3 cm³/mol. The molecule has 1 fully saturated rings. The third-order valence-corrected chi connectivity index (χ3v) is 4.02. The van der Waals surface area contributed by atoms with Gasteiger partial charge in [-0.25, -0.2) is 4.68 Å². The highest BCUT2D eigenvalue weighted by atomic mass is 16.2. The summed E-state index contributed by atoms with van der Waals surface area (Å²) in [5.41, 5.74) is 6.18. The van der Waals surface area contributed by atoms with E-state index in [9.17, 15) is 9.59 Å². The molecule has 1 aliphatic rings. The van der Waals surface area contributed by atoms with Crippen LogP contribution in [0.3, 0.4) is 0 Å². The first-order valence-corrected chi connectivity index (χ1v) is 7.67. The Morgan fingerprint density at radius 2 is 1.78 bits per heavy atom. The topological polar surface area (TPSA) is 102 Å². The monoisotopic (exact) mass is 314 g/mol. The average molecular weight is 314 g/mol. The van der Waals surface area contributed by atoms with Crippen LogP contribution in [0.1, 0.15) is 42.5 Å². The molecule has 0 saturated heterocycles. The first-order valence-electron chi connectivity index (χ1n) is 7.67. The molecule has 0 spiro atoms. The van der Waals surface area contributed by atoms with Gasteiger partial charge in [0.25, 0.3) is 5.91 Å². The van der Waals surface area contributed by atoms with Crippen molar-refractivity contribution in [2.45, 2.75) is 32.1 Å². The van der Waals surface area contributed by atoms with Crippen molar-refractivity contribution in [2.75, 3.05) is 0 Å². The summed E-state index contributed by atoms with van der Waals surface area (Å²) in [6.45, 7) is 0. The van der Waals surface area contributed by atoms with E-state index in [-0.39, 0.29) is 17.7 Å². The van der Waals surface area contributed by atoms with Gasteiger partial charge in [-0.15, -0.1) is 5.10 Å². The molecular formula is C15H18N6O2. The maximum Gasteiger partial charge on any atom is 0.269 e. The van der Waals surface area contributed by atoms with Crippen LogP contribution in [0.15, 0.2) is 30.6 Å². The lowest BCUT2D eigenvalue weighted by Crippen LogP contribution is -2.44. The van der Waals surface area contributed by atoms with Crippen LogP contribution in [0.25, 0.3) is 5.69 Å². The van der Waals surface area contributed by atoms with Gasteiger partial charge in [-0.1, -0.05) is 19.3 Å². The van der Waals surface area contributed by atoms with E-state index in [4.69, 9.17) is 0 Å². The molecule has 1 heterocycles. The van der Waals surface area contributed by atoms with Crippen molar-refractivity contribution in [1.29, 1.82) is 0 Å². The summed E-state index contributed by atoms with van der Waals surface area (Å²) < 4.78 is 1.49. The Kier molecular flexibility index (Phi) is 4.60. The van der Waals surface area contributed by atoms with Crippen LogP contribution in [-0.4, -0.2) is 32.0 Å². The van der Waals surface area contributed by atoms with Gasteiger partial charge in [0.05, 0.1) is 5.69 Å². The molecule has 3 rings (SSSR count). The zero-order valence-corrected chi connectivity index (χ0v) is 12.6. The number of nitrogens with zero attached hydrogens (tertiary/aromatic N) is 4. The van der Waals surface area contributed by atoms with Crippen molar-refractivity contribution < 1.29 is 9.59 Å². The summed E-state index contributed by atoms with van der Waals surface area (Å²) in [7, 11) is 0.